The van der Waals surface area contributed by atoms with Crippen LogP contribution in [0.25, 0.3) is 11.5 Å². The van der Waals surface area contributed by atoms with Crippen LogP contribution in [-0.2, 0) is 11.3 Å². The zero-order chi connectivity index (χ0) is 17.4. The Morgan fingerprint density at radius 3 is 2.50 bits per heavy atom. The van der Waals surface area contributed by atoms with Gasteiger partial charge in [0.15, 0.2) is 0 Å². The highest BCUT2D eigenvalue weighted by Crippen LogP contribution is 2.37. The first-order valence-electron chi connectivity index (χ1n) is 8.05. The second kappa shape index (κ2) is 6.00. The maximum Gasteiger partial charge on any atom is 0.247 e. The Hall–Kier alpha value is -2.23. The van der Waals surface area contributed by atoms with Crippen LogP contribution in [0.4, 0.5) is 0 Å². The second-order valence-corrected chi connectivity index (χ2v) is 7.29. The van der Waals surface area contributed by atoms with Gasteiger partial charge < -0.3 is 14.5 Å². The predicted octanol–water partition coefficient (Wildman–Crippen LogP) is 3.04. The van der Waals surface area contributed by atoms with Crippen molar-refractivity contribution in [3.05, 3.63) is 35.7 Å². The van der Waals surface area contributed by atoms with E-state index < -0.39 is 0 Å². The minimum Gasteiger partial charge on any atom is -0.419 e. The van der Waals surface area contributed by atoms with E-state index in [4.69, 9.17) is 14.4 Å². The molecule has 1 saturated heterocycles. The molecule has 0 spiro atoms. The molecule has 1 N–H and O–H groups in total. The van der Waals surface area contributed by atoms with Crippen LogP contribution in [0.3, 0.4) is 0 Å². The van der Waals surface area contributed by atoms with Gasteiger partial charge in [0.1, 0.15) is 0 Å². The Balaban J connectivity index is 1.65. The molecular weight excluding hydrogens is 304 g/mol. The normalized spacial score (nSPS) is 21.5. The fourth-order valence-electron chi connectivity index (χ4n) is 3.22. The van der Waals surface area contributed by atoms with Gasteiger partial charge in [-0.1, -0.05) is 0 Å². The van der Waals surface area contributed by atoms with Crippen molar-refractivity contribution in [1.29, 1.82) is 5.26 Å². The summed E-state index contributed by atoms with van der Waals surface area (Å²) in [6, 6.07) is 9.39. The third-order valence-corrected chi connectivity index (χ3v) is 4.30. The first kappa shape index (κ1) is 16.6. The summed E-state index contributed by atoms with van der Waals surface area (Å²) >= 11 is 0. The SMILES string of the molecule is CC1(C)C[C@@H](NCc2nnc(-c3ccc(C#N)cc3)o2)C(C)(C)O1. The van der Waals surface area contributed by atoms with Crippen molar-refractivity contribution in [2.75, 3.05) is 0 Å². The van der Waals surface area contributed by atoms with E-state index in [9.17, 15) is 0 Å². The highest BCUT2D eigenvalue weighted by Gasteiger charge is 2.45. The van der Waals surface area contributed by atoms with Crippen LogP contribution in [0.1, 0.15) is 45.6 Å². The summed E-state index contributed by atoms with van der Waals surface area (Å²) in [6.07, 6.45) is 0.927. The number of ether oxygens (including phenoxy) is 1. The third-order valence-electron chi connectivity index (χ3n) is 4.30. The van der Waals surface area contributed by atoms with Gasteiger partial charge in [-0.3, -0.25) is 0 Å². The van der Waals surface area contributed by atoms with E-state index in [1.807, 2.05) is 0 Å². The van der Waals surface area contributed by atoms with E-state index in [1.54, 1.807) is 24.3 Å². The number of nitrogens with zero attached hydrogens (tertiary/aromatic N) is 3. The lowest BCUT2D eigenvalue weighted by atomic mass is 9.94. The van der Waals surface area contributed by atoms with Crippen LogP contribution >= 0.6 is 0 Å². The Bertz CT molecular complexity index is 756. The minimum atomic E-state index is -0.237. The van der Waals surface area contributed by atoms with Crippen molar-refractivity contribution < 1.29 is 9.15 Å². The summed E-state index contributed by atoms with van der Waals surface area (Å²) in [6.45, 7) is 8.89. The quantitative estimate of drug-likeness (QED) is 0.929. The van der Waals surface area contributed by atoms with Crippen LogP contribution in [0.2, 0.25) is 0 Å². The average molecular weight is 326 g/mol. The molecule has 1 atom stereocenters. The summed E-state index contributed by atoms with van der Waals surface area (Å²) in [5, 5.41) is 20.5. The number of aromatic nitrogens is 2. The molecule has 1 fully saturated rings. The molecule has 1 aromatic heterocycles. The van der Waals surface area contributed by atoms with Crippen molar-refractivity contribution in [2.24, 2.45) is 0 Å². The number of nitriles is 1. The highest BCUT2D eigenvalue weighted by molar-refractivity contribution is 5.54. The summed E-state index contributed by atoms with van der Waals surface area (Å²) in [5.74, 6) is 0.994. The van der Waals surface area contributed by atoms with Crippen molar-refractivity contribution >= 4 is 0 Å². The summed E-state index contributed by atoms with van der Waals surface area (Å²) in [5.41, 5.74) is 1.04. The Kier molecular flexibility index (Phi) is 4.16. The van der Waals surface area contributed by atoms with Gasteiger partial charge in [-0.05, 0) is 58.4 Å². The molecule has 6 nitrogen and oxygen atoms in total. The van der Waals surface area contributed by atoms with Gasteiger partial charge in [-0.25, -0.2) is 0 Å². The van der Waals surface area contributed by atoms with E-state index >= 15 is 0 Å². The zero-order valence-corrected chi connectivity index (χ0v) is 14.5. The van der Waals surface area contributed by atoms with E-state index in [0.29, 0.717) is 23.9 Å². The number of rotatable bonds is 4. The van der Waals surface area contributed by atoms with E-state index in [2.05, 4.69) is 49.3 Å². The van der Waals surface area contributed by atoms with Crippen LogP contribution in [0.15, 0.2) is 28.7 Å². The zero-order valence-electron chi connectivity index (χ0n) is 14.5. The standard InChI is InChI=1S/C18H22N4O2/c1-17(2)9-14(18(3,4)24-17)20-11-15-21-22-16(23-15)13-7-5-12(10-19)6-8-13/h5-8,14,20H,9,11H2,1-4H3/t14-/m1/s1. The van der Waals surface area contributed by atoms with Crippen molar-refractivity contribution in [3.63, 3.8) is 0 Å². The highest BCUT2D eigenvalue weighted by atomic mass is 16.5. The Morgan fingerprint density at radius 2 is 1.92 bits per heavy atom. The summed E-state index contributed by atoms with van der Waals surface area (Å²) in [4.78, 5) is 0. The van der Waals surface area contributed by atoms with Crippen molar-refractivity contribution in [2.45, 2.75) is 57.9 Å². The molecular formula is C18H22N4O2. The lowest BCUT2D eigenvalue weighted by molar-refractivity contribution is -0.0699. The topological polar surface area (TPSA) is 84.0 Å². The smallest absolute Gasteiger partial charge is 0.247 e. The van der Waals surface area contributed by atoms with Gasteiger partial charge in [0, 0.05) is 11.6 Å². The summed E-state index contributed by atoms with van der Waals surface area (Å²) in [7, 11) is 0. The molecule has 3 rings (SSSR count). The maximum absolute atomic E-state index is 8.84. The second-order valence-electron chi connectivity index (χ2n) is 7.29. The lowest BCUT2D eigenvalue weighted by Gasteiger charge is -2.27. The largest absolute Gasteiger partial charge is 0.419 e. The molecule has 1 aromatic carbocycles. The van der Waals surface area contributed by atoms with Gasteiger partial charge in [-0.2, -0.15) is 5.26 Å². The van der Waals surface area contributed by atoms with Gasteiger partial charge in [0.05, 0.1) is 29.4 Å². The Labute approximate surface area is 141 Å². The van der Waals surface area contributed by atoms with Crippen molar-refractivity contribution in [3.8, 4) is 17.5 Å². The average Bonchev–Trinajstić information content (AvgIpc) is 3.06. The monoisotopic (exact) mass is 326 g/mol. The Morgan fingerprint density at radius 1 is 1.21 bits per heavy atom. The molecule has 2 aromatic rings. The first-order valence-corrected chi connectivity index (χ1v) is 8.05. The molecule has 1 aliphatic rings. The molecule has 0 bridgehead atoms. The lowest BCUT2D eigenvalue weighted by Crippen LogP contribution is -2.43. The summed E-state index contributed by atoms with van der Waals surface area (Å²) < 4.78 is 11.8. The number of hydrogen-bond donors (Lipinski definition) is 1. The molecule has 0 unspecified atom stereocenters. The molecule has 0 amide bonds. The van der Waals surface area contributed by atoms with E-state index in [0.717, 1.165) is 12.0 Å². The van der Waals surface area contributed by atoms with Crippen LogP contribution in [0.5, 0.6) is 0 Å². The van der Waals surface area contributed by atoms with Gasteiger partial charge in [0.2, 0.25) is 11.8 Å². The number of nitrogens with one attached hydrogen (secondary N) is 1. The number of benzene rings is 1. The molecule has 0 radical (unpaired) electrons. The fourth-order valence-corrected chi connectivity index (χ4v) is 3.22. The molecule has 126 valence electrons. The van der Waals surface area contributed by atoms with E-state index in [-0.39, 0.29) is 17.2 Å². The van der Waals surface area contributed by atoms with Gasteiger partial charge in [-0.15, -0.1) is 10.2 Å². The first-order chi connectivity index (χ1) is 11.3. The fraction of sp³-hybridized carbons (Fsp3) is 0.500. The molecule has 0 saturated carbocycles. The molecule has 24 heavy (non-hydrogen) atoms. The van der Waals surface area contributed by atoms with Crippen LogP contribution in [-0.4, -0.2) is 27.4 Å². The minimum absolute atomic E-state index is 0.135. The van der Waals surface area contributed by atoms with Crippen molar-refractivity contribution in [1.82, 2.24) is 15.5 Å². The molecule has 0 aliphatic carbocycles. The molecule has 2 heterocycles. The predicted molar refractivity (Wildman–Crippen MR) is 88.9 cm³/mol. The molecule has 1 aliphatic heterocycles. The molecule has 6 heteroatoms. The van der Waals surface area contributed by atoms with Gasteiger partial charge in [0.25, 0.3) is 0 Å². The van der Waals surface area contributed by atoms with Crippen LogP contribution in [0, 0.1) is 11.3 Å². The third kappa shape index (κ3) is 3.48. The maximum atomic E-state index is 8.84. The van der Waals surface area contributed by atoms with Gasteiger partial charge >= 0.3 is 0 Å². The number of hydrogen-bond acceptors (Lipinski definition) is 6. The van der Waals surface area contributed by atoms with Crippen LogP contribution < -0.4 is 5.32 Å². The van der Waals surface area contributed by atoms with E-state index in [1.165, 1.54) is 0 Å².